The first-order valence-electron chi connectivity index (χ1n) is 9.67. The fraction of sp³-hybridized carbons (Fsp3) is 0.182. The number of aryl methyl sites for hydroxylation is 1. The Morgan fingerprint density at radius 1 is 1.13 bits per heavy atom. The van der Waals surface area contributed by atoms with Crippen molar-refractivity contribution in [2.75, 3.05) is 17.7 Å². The number of halogens is 1. The number of carbonyl (C=O) groups is 1. The molecule has 4 rings (SSSR count). The van der Waals surface area contributed by atoms with Gasteiger partial charge in [0.2, 0.25) is 5.91 Å². The van der Waals surface area contributed by atoms with E-state index in [4.69, 9.17) is 4.74 Å². The largest absolute Gasteiger partial charge is 0.494 e. The molecule has 0 aliphatic carbocycles. The number of amides is 1. The molecule has 2 aromatic carbocycles. The molecule has 0 saturated heterocycles. The lowest BCUT2D eigenvalue weighted by atomic mass is 10.2. The standard InChI is InChI=1S/C22H20FN5O2S/c1-3-30-18-10-6-16(7-11-18)25-20(29)13-31-22-21-19(14(2)26-27-22)12-24-28(21)17-8-4-15(23)5-9-17/h4-12H,3,13H2,1-2H3,(H,25,29). The highest BCUT2D eigenvalue weighted by Gasteiger charge is 2.16. The topological polar surface area (TPSA) is 81.9 Å². The molecular formula is C22H20FN5O2S. The van der Waals surface area contributed by atoms with Crippen LogP contribution < -0.4 is 10.1 Å². The van der Waals surface area contributed by atoms with E-state index in [1.165, 1.54) is 23.9 Å². The van der Waals surface area contributed by atoms with Crippen LogP contribution in [0, 0.1) is 12.7 Å². The summed E-state index contributed by atoms with van der Waals surface area (Å²) in [5.74, 6) is 0.407. The third kappa shape index (κ3) is 4.66. The second-order valence-corrected chi connectivity index (χ2v) is 7.64. The highest BCUT2D eigenvalue weighted by Crippen LogP contribution is 2.29. The molecule has 9 heteroatoms. The molecule has 0 radical (unpaired) electrons. The Balaban J connectivity index is 1.53. The van der Waals surface area contributed by atoms with E-state index in [1.807, 2.05) is 26.0 Å². The van der Waals surface area contributed by atoms with Gasteiger partial charge in [0.1, 0.15) is 22.1 Å². The number of nitrogens with one attached hydrogen (secondary N) is 1. The summed E-state index contributed by atoms with van der Waals surface area (Å²) in [5.41, 5.74) is 2.85. The van der Waals surface area contributed by atoms with Crippen molar-refractivity contribution in [1.82, 2.24) is 20.0 Å². The molecule has 0 aliphatic rings. The molecule has 31 heavy (non-hydrogen) atoms. The van der Waals surface area contributed by atoms with E-state index in [9.17, 15) is 9.18 Å². The molecule has 4 aromatic rings. The second kappa shape index (κ2) is 9.13. The van der Waals surface area contributed by atoms with E-state index in [0.717, 1.165) is 22.3 Å². The average molecular weight is 438 g/mol. The molecule has 0 bridgehead atoms. The molecule has 0 saturated carbocycles. The van der Waals surface area contributed by atoms with Gasteiger partial charge < -0.3 is 10.1 Å². The Kier molecular flexibility index (Phi) is 6.13. The maximum atomic E-state index is 13.3. The first-order valence-corrected chi connectivity index (χ1v) is 10.7. The number of rotatable bonds is 7. The zero-order chi connectivity index (χ0) is 21.8. The van der Waals surface area contributed by atoms with Crippen LogP contribution in [-0.2, 0) is 4.79 Å². The van der Waals surface area contributed by atoms with Gasteiger partial charge in [0.05, 0.1) is 29.9 Å². The van der Waals surface area contributed by atoms with Crippen LogP contribution in [0.15, 0.2) is 59.8 Å². The molecule has 1 N–H and O–H groups in total. The van der Waals surface area contributed by atoms with Crippen molar-refractivity contribution in [3.63, 3.8) is 0 Å². The number of hydrogen-bond acceptors (Lipinski definition) is 6. The number of carbonyl (C=O) groups excluding carboxylic acids is 1. The summed E-state index contributed by atoms with van der Waals surface area (Å²) in [7, 11) is 0. The number of hydrogen-bond donors (Lipinski definition) is 1. The van der Waals surface area contributed by atoms with Gasteiger partial charge in [0, 0.05) is 11.1 Å². The van der Waals surface area contributed by atoms with Gasteiger partial charge in [-0.2, -0.15) is 10.2 Å². The molecule has 2 heterocycles. The van der Waals surface area contributed by atoms with Crippen molar-refractivity contribution in [2.45, 2.75) is 18.9 Å². The highest BCUT2D eigenvalue weighted by molar-refractivity contribution is 8.00. The van der Waals surface area contributed by atoms with Crippen molar-refractivity contribution >= 4 is 34.3 Å². The zero-order valence-electron chi connectivity index (χ0n) is 17.0. The van der Waals surface area contributed by atoms with Crippen LogP contribution in [0.25, 0.3) is 16.6 Å². The Morgan fingerprint density at radius 2 is 1.87 bits per heavy atom. The van der Waals surface area contributed by atoms with E-state index < -0.39 is 0 Å². The van der Waals surface area contributed by atoms with Gasteiger partial charge in [-0.25, -0.2) is 9.07 Å². The summed E-state index contributed by atoms with van der Waals surface area (Å²) < 4.78 is 20.4. The monoisotopic (exact) mass is 437 g/mol. The van der Waals surface area contributed by atoms with Gasteiger partial charge in [0.25, 0.3) is 0 Å². The predicted octanol–water partition coefficient (Wildman–Crippen LogP) is 4.39. The summed E-state index contributed by atoms with van der Waals surface area (Å²) in [6.45, 7) is 4.35. The second-order valence-electron chi connectivity index (χ2n) is 6.68. The summed E-state index contributed by atoms with van der Waals surface area (Å²) in [4.78, 5) is 12.5. The normalized spacial score (nSPS) is 10.9. The fourth-order valence-electron chi connectivity index (χ4n) is 3.05. The SMILES string of the molecule is CCOc1ccc(NC(=O)CSc2nnc(C)c3cnn(-c4ccc(F)cc4)c23)cc1. The Bertz CT molecular complexity index is 1210. The van der Waals surface area contributed by atoms with Crippen molar-refractivity contribution in [1.29, 1.82) is 0 Å². The number of thioether (sulfide) groups is 1. The minimum absolute atomic E-state index is 0.147. The van der Waals surface area contributed by atoms with E-state index in [2.05, 4.69) is 20.6 Å². The third-order valence-corrected chi connectivity index (χ3v) is 5.47. The van der Waals surface area contributed by atoms with Gasteiger partial charge in [-0.05, 0) is 62.4 Å². The van der Waals surface area contributed by atoms with Crippen LogP contribution >= 0.6 is 11.8 Å². The van der Waals surface area contributed by atoms with Gasteiger partial charge in [0.15, 0.2) is 0 Å². The summed E-state index contributed by atoms with van der Waals surface area (Å²) in [6.07, 6.45) is 1.70. The molecule has 158 valence electrons. The van der Waals surface area contributed by atoms with Gasteiger partial charge >= 0.3 is 0 Å². The lowest BCUT2D eigenvalue weighted by Gasteiger charge is -2.09. The number of anilines is 1. The average Bonchev–Trinajstić information content (AvgIpc) is 3.22. The summed E-state index contributed by atoms with van der Waals surface area (Å²) in [6, 6.07) is 13.2. The Labute approximate surface area is 182 Å². The third-order valence-electron chi connectivity index (χ3n) is 4.51. The Hall–Kier alpha value is -3.46. The first-order chi connectivity index (χ1) is 15.0. The molecule has 0 aliphatic heterocycles. The quantitative estimate of drug-likeness (QED) is 0.432. The molecule has 0 atom stereocenters. The molecular weight excluding hydrogens is 417 g/mol. The fourth-order valence-corrected chi connectivity index (χ4v) is 3.82. The maximum Gasteiger partial charge on any atom is 0.234 e. The van der Waals surface area contributed by atoms with E-state index in [1.54, 1.807) is 35.1 Å². The molecule has 1 amide bonds. The number of aromatic nitrogens is 4. The highest BCUT2D eigenvalue weighted by atomic mass is 32.2. The van der Waals surface area contributed by atoms with Gasteiger partial charge in [-0.15, -0.1) is 5.10 Å². The Morgan fingerprint density at radius 3 is 2.58 bits per heavy atom. The molecule has 7 nitrogen and oxygen atoms in total. The molecule has 2 aromatic heterocycles. The molecule has 0 fully saturated rings. The maximum absolute atomic E-state index is 13.3. The number of ether oxygens (including phenoxy) is 1. The number of benzene rings is 2. The molecule has 0 spiro atoms. The summed E-state index contributed by atoms with van der Waals surface area (Å²) in [5, 5.41) is 17.1. The lowest BCUT2D eigenvalue weighted by Crippen LogP contribution is -2.14. The number of fused-ring (bicyclic) bond motifs is 1. The lowest BCUT2D eigenvalue weighted by molar-refractivity contribution is -0.113. The summed E-state index contributed by atoms with van der Waals surface area (Å²) >= 11 is 1.27. The van der Waals surface area contributed by atoms with E-state index in [-0.39, 0.29) is 17.5 Å². The van der Waals surface area contributed by atoms with Crippen LogP contribution in [0.2, 0.25) is 0 Å². The predicted molar refractivity (Wildman–Crippen MR) is 118 cm³/mol. The van der Waals surface area contributed by atoms with Crippen molar-refractivity contribution in [3.8, 4) is 11.4 Å². The van der Waals surface area contributed by atoms with Crippen LogP contribution in [0.4, 0.5) is 10.1 Å². The van der Waals surface area contributed by atoms with E-state index in [0.29, 0.717) is 23.0 Å². The van der Waals surface area contributed by atoms with Gasteiger partial charge in [-0.3, -0.25) is 4.79 Å². The van der Waals surface area contributed by atoms with Gasteiger partial charge in [-0.1, -0.05) is 11.8 Å². The minimum atomic E-state index is -0.322. The molecule has 0 unspecified atom stereocenters. The van der Waals surface area contributed by atoms with Crippen molar-refractivity contribution in [2.24, 2.45) is 0 Å². The van der Waals surface area contributed by atoms with Crippen molar-refractivity contribution < 1.29 is 13.9 Å². The number of nitrogens with zero attached hydrogens (tertiary/aromatic N) is 4. The van der Waals surface area contributed by atoms with Crippen LogP contribution in [0.5, 0.6) is 5.75 Å². The van der Waals surface area contributed by atoms with Crippen LogP contribution in [0.3, 0.4) is 0 Å². The smallest absolute Gasteiger partial charge is 0.234 e. The van der Waals surface area contributed by atoms with E-state index >= 15 is 0 Å². The minimum Gasteiger partial charge on any atom is -0.494 e. The van der Waals surface area contributed by atoms with Crippen molar-refractivity contribution in [3.05, 3.63) is 66.2 Å². The first kappa shape index (κ1) is 20.8. The zero-order valence-corrected chi connectivity index (χ0v) is 17.8. The van der Waals surface area contributed by atoms with Crippen LogP contribution in [-0.4, -0.2) is 38.2 Å². The van der Waals surface area contributed by atoms with Crippen LogP contribution in [0.1, 0.15) is 12.6 Å².